The fourth-order valence-electron chi connectivity index (χ4n) is 2.96. The number of rotatable bonds is 4. The predicted octanol–water partition coefficient (Wildman–Crippen LogP) is 4.37. The first-order valence-electron chi connectivity index (χ1n) is 7.08. The Bertz CT molecular complexity index is 484. The highest BCUT2D eigenvalue weighted by Crippen LogP contribution is 2.45. The van der Waals surface area contributed by atoms with Gasteiger partial charge in [-0.2, -0.15) is 0 Å². The van der Waals surface area contributed by atoms with E-state index in [0.717, 1.165) is 29.4 Å². The molecule has 4 heteroatoms. The van der Waals surface area contributed by atoms with Crippen LogP contribution in [0.4, 0.5) is 5.69 Å². The monoisotopic (exact) mass is 339 g/mol. The maximum Gasteiger partial charge on any atom is 0.331 e. The Labute approximate surface area is 129 Å². The van der Waals surface area contributed by atoms with Crippen molar-refractivity contribution in [3.8, 4) is 0 Å². The third-order valence-corrected chi connectivity index (χ3v) is 4.43. The van der Waals surface area contributed by atoms with Crippen molar-refractivity contribution in [2.45, 2.75) is 45.6 Å². The van der Waals surface area contributed by atoms with Crippen LogP contribution < -0.4 is 5.32 Å². The van der Waals surface area contributed by atoms with Crippen molar-refractivity contribution >= 4 is 27.6 Å². The summed E-state index contributed by atoms with van der Waals surface area (Å²) < 4.78 is 6.34. The minimum absolute atomic E-state index is 0.131. The lowest BCUT2D eigenvalue weighted by molar-refractivity contribution is -0.148. The zero-order valence-corrected chi connectivity index (χ0v) is 13.9. The maximum absolute atomic E-state index is 12.4. The molecule has 0 radical (unpaired) electrons. The van der Waals surface area contributed by atoms with Gasteiger partial charge in [-0.25, -0.2) is 4.79 Å². The van der Waals surface area contributed by atoms with E-state index in [2.05, 4.69) is 35.1 Å². The Morgan fingerprint density at radius 3 is 2.45 bits per heavy atom. The molecule has 0 spiro atoms. The summed E-state index contributed by atoms with van der Waals surface area (Å²) in [6, 6.07) is 7.91. The van der Waals surface area contributed by atoms with E-state index in [9.17, 15) is 4.79 Å². The zero-order valence-electron chi connectivity index (χ0n) is 12.3. The highest BCUT2D eigenvalue weighted by molar-refractivity contribution is 9.10. The number of esters is 1. The van der Waals surface area contributed by atoms with Crippen molar-refractivity contribution in [1.82, 2.24) is 0 Å². The Balaban J connectivity index is 2.23. The van der Waals surface area contributed by atoms with Gasteiger partial charge in [0.2, 0.25) is 0 Å². The van der Waals surface area contributed by atoms with Gasteiger partial charge in [-0.15, -0.1) is 0 Å². The summed E-state index contributed by atoms with van der Waals surface area (Å²) in [4.78, 5) is 12.4. The van der Waals surface area contributed by atoms with Gasteiger partial charge in [0.25, 0.3) is 0 Å². The first-order valence-corrected chi connectivity index (χ1v) is 7.87. The molecule has 0 bridgehead atoms. The summed E-state index contributed by atoms with van der Waals surface area (Å²) in [5.41, 5.74) is 0.529. The van der Waals surface area contributed by atoms with Crippen LogP contribution in [0, 0.1) is 5.41 Å². The van der Waals surface area contributed by atoms with Crippen LogP contribution in [0.3, 0.4) is 0 Å². The van der Waals surface area contributed by atoms with E-state index in [4.69, 9.17) is 4.74 Å². The van der Waals surface area contributed by atoms with Crippen molar-refractivity contribution in [2.24, 2.45) is 5.41 Å². The Kier molecular flexibility index (Phi) is 4.43. The van der Waals surface area contributed by atoms with Crippen molar-refractivity contribution in [3.05, 3.63) is 28.7 Å². The molecule has 0 aliphatic heterocycles. The van der Waals surface area contributed by atoms with Gasteiger partial charge in [-0.1, -0.05) is 29.8 Å². The van der Waals surface area contributed by atoms with Gasteiger partial charge in [0.1, 0.15) is 5.54 Å². The molecule has 1 atom stereocenters. The molecular weight excluding hydrogens is 318 g/mol. The lowest BCUT2D eigenvalue weighted by atomic mass is 9.87. The summed E-state index contributed by atoms with van der Waals surface area (Å²) in [6.07, 6.45) is 2.64. The normalized spacial score (nSPS) is 24.4. The molecule has 1 aromatic carbocycles. The number of carbonyl (C=O) groups excluding carboxylic acids is 1. The molecule has 1 aliphatic carbocycles. The van der Waals surface area contributed by atoms with Gasteiger partial charge < -0.3 is 10.1 Å². The quantitative estimate of drug-likeness (QED) is 0.827. The number of hydrogen-bond donors (Lipinski definition) is 1. The summed E-state index contributed by atoms with van der Waals surface area (Å²) in [5.74, 6) is -0.131. The van der Waals surface area contributed by atoms with Gasteiger partial charge in [0, 0.05) is 10.2 Å². The molecule has 1 N–H and O–H groups in total. The summed E-state index contributed by atoms with van der Waals surface area (Å²) >= 11 is 3.42. The predicted molar refractivity (Wildman–Crippen MR) is 84.8 cm³/mol. The summed E-state index contributed by atoms with van der Waals surface area (Å²) in [7, 11) is 0. The van der Waals surface area contributed by atoms with Crippen LogP contribution in [0.5, 0.6) is 0 Å². The molecule has 1 aromatic rings. The highest BCUT2D eigenvalue weighted by Gasteiger charge is 2.49. The number of carbonyl (C=O) groups is 1. The first-order chi connectivity index (χ1) is 9.37. The van der Waals surface area contributed by atoms with E-state index >= 15 is 0 Å². The van der Waals surface area contributed by atoms with E-state index < -0.39 is 5.54 Å². The lowest BCUT2D eigenvalue weighted by Gasteiger charge is -2.30. The molecule has 110 valence electrons. The van der Waals surface area contributed by atoms with E-state index in [1.165, 1.54) is 0 Å². The second-order valence-electron chi connectivity index (χ2n) is 6.28. The molecule has 1 fully saturated rings. The van der Waals surface area contributed by atoms with Crippen LogP contribution in [-0.2, 0) is 9.53 Å². The second kappa shape index (κ2) is 5.76. The largest absolute Gasteiger partial charge is 0.464 e. The number of hydrogen-bond acceptors (Lipinski definition) is 3. The van der Waals surface area contributed by atoms with Crippen molar-refractivity contribution in [2.75, 3.05) is 11.9 Å². The molecule has 20 heavy (non-hydrogen) atoms. The summed E-state index contributed by atoms with van der Waals surface area (Å²) in [5, 5.41) is 3.43. The average Bonchev–Trinajstić information content (AvgIpc) is 2.69. The van der Waals surface area contributed by atoms with E-state index in [-0.39, 0.29) is 11.4 Å². The van der Waals surface area contributed by atoms with Crippen molar-refractivity contribution in [3.63, 3.8) is 0 Å². The van der Waals surface area contributed by atoms with Crippen molar-refractivity contribution < 1.29 is 9.53 Å². The van der Waals surface area contributed by atoms with E-state index in [1.54, 1.807) is 0 Å². The SMILES string of the molecule is CCOC(=O)C1(Nc2ccc(Br)cc2)CCC(C)(C)C1. The molecule has 0 heterocycles. The fraction of sp³-hybridized carbons (Fsp3) is 0.562. The van der Waals surface area contributed by atoms with Crippen LogP contribution in [0.15, 0.2) is 28.7 Å². The zero-order chi connectivity index (χ0) is 14.8. The van der Waals surface area contributed by atoms with Crippen LogP contribution in [0.1, 0.15) is 40.0 Å². The molecule has 0 aromatic heterocycles. The Hall–Kier alpha value is -1.03. The first kappa shape index (κ1) is 15.4. The van der Waals surface area contributed by atoms with E-state index in [1.807, 2.05) is 31.2 Å². The molecule has 1 aliphatic rings. The third kappa shape index (κ3) is 3.35. The molecule has 0 amide bonds. The molecule has 2 rings (SSSR count). The standard InChI is InChI=1S/C16H22BrNO2/c1-4-20-14(19)16(10-9-15(2,3)11-16)18-13-7-5-12(17)6-8-13/h5-8,18H,4,9-11H2,1-3H3. The number of ether oxygens (including phenoxy) is 1. The number of nitrogens with one attached hydrogen (secondary N) is 1. The number of anilines is 1. The Morgan fingerprint density at radius 1 is 1.30 bits per heavy atom. The van der Waals surface area contributed by atoms with Crippen molar-refractivity contribution in [1.29, 1.82) is 0 Å². The number of benzene rings is 1. The van der Waals surface area contributed by atoms with Crippen LogP contribution in [0.25, 0.3) is 0 Å². The van der Waals surface area contributed by atoms with Crippen LogP contribution in [-0.4, -0.2) is 18.1 Å². The van der Waals surface area contributed by atoms with Crippen LogP contribution in [0.2, 0.25) is 0 Å². The third-order valence-electron chi connectivity index (χ3n) is 3.90. The molecular formula is C16H22BrNO2. The molecule has 1 unspecified atom stereocenters. The van der Waals surface area contributed by atoms with Gasteiger partial charge in [0.15, 0.2) is 0 Å². The minimum Gasteiger partial charge on any atom is -0.464 e. The average molecular weight is 340 g/mol. The summed E-state index contributed by atoms with van der Waals surface area (Å²) in [6.45, 7) is 6.68. The van der Waals surface area contributed by atoms with Gasteiger partial charge >= 0.3 is 5.97 Å². The smallest absolute Gasteiger partial charge is 0.331 e. The van der Waals surface area contributed by atoms with Gasteiger partial charge in [-0.3, -0.25) is 0 Å². The van der Waals surface area contributed by atoms with Crippen LogP contribution >= 0.6 is 15.9 Å². The van der Waals surface area contributed by atoms with Gasteiger partial charge in [0.05, 0.1) is 6.61 Å². The Morgan fingerprint density at radius 2 is 1.95 bits per heavy atom. The van der Waals surface area contributed by atoms with Gasteiger partial charge in [-0.05, 0) is 55.9 Å². The molecule has 0 saturated heterocycles. The highest BCUT2D eigenvalue weighted by atomic mass is 79.9. The van der Waals surface area contributed by atoms with E-state index in [0.29, 0.717) is 6.61 Å². The molecule has 1 saturated carbocycles. The number of halogens is 1. The fourth-order valence-corrected chi connectivity index (χ4v) is 3.22. The lowest BCUT2D eigenvalue weighted by Crippen LogP contribution is -2.46. The minimum atomic E-state index is -0.590. The maximum atomic E-state index is 12.4. The second-order valence-corrected chi connectivity index (χ2v) is 7.19. The molecule has 3 nitrogen and oxygen atoms in total. The topological polar surface area (TPSA) is 38.3 Å².